The molecule has 1 aliphatic heterocycles. The number of aliphatic hydroxyl groups excluding tert-OH is 1. The van der Waals surface area contributed by atoms with Gasteiger partial charge in [0.05, 0.1) is 6.61 Å². The maximum Gasteiger partial charge on any atom is 0.191 e. The average molecular weight is 300 g/mol. The van der Waals surface area contributed by atoms with E-state index in [0.29, 0.717) is 6.61 Å². The zero-order valence-corrected chi connectivity index (χ0v) is 14.0. The molecule has 0 bridgehead atoms. The molecule has 1 atom stereocenters. The zero-order chi connectivity index (χ0) is 15.8. The Labute approximate surface area is 128 Å². The van der Waals surface area contributed by atoms with Crippen LogP contribution in [-0.2, 0) is 4.74 Å². The van der Waals surface area contributed by atoms with Crippen LogP contribution in [0.3, 0.4) is 0 Å². The van der Waals surface area contributed by atoms with Gasteiger partial charge in [-0.25, -0.2) is 0 Å². The SMILES string of the molecule is CN=C(NCCNC(C)(C)C)NCC1(CCO)CCOC1. The molecule has 0 aliphatic carbocycles. The van der Waals surface area contributed by atoms with E-state index in [9.17, 15) is 5.11 Å². The molecule has 1 unspecified atom stereocenters. The van der Waals surface area contributed by atoms with E-state index in [2.05, 4.69) is 41.7 Å². The van der Waals surface area contributed by atoms with Gasteiger partial charge in [0.2, 0.25) is 0 Å². The maximum absolute atomic E-state index is 9.23. The monoisotopic (exact) mass is 300 g/mol. The summed E-state index contributed by atoms with van der Waals surface area (Å²) < 4.78 is 5.49. The molecule has 1 aliphatic rings. The number of nitrogens with one attached hydrogen (secondary N) is 3. The molecule has 0 aromatic rings. The number of aliphatic hydroxyl groups is 1. The van der Waals surface area contributed by atoms with Gasteiger partial charge in [-0.2, -0.15) is 0 Å². The molecule has 21 heavy (non-hydrogen) atoms. The minimum atomic E-state index is 0.0377. The van der Waals surface area contributed by atoms with E-state index in [-0.39, 0.29) is 17.6 Å². The van der Waals surface area contributed by atoms with E-state index >= 15 is 0 Å². The van der Waals surface area contributed by atoms with Crippen molar-refractivity contribution in [3.05, 3.63) is 0 Å². The molecule has 1 fully saturated rings. The summed E-state index contributed by atoms with van der Waals surface area (Å²) in [5.74, 6) is 0.801. The molecular formula is C15H32N4O2. The first-order valence-corrected chi connectivity index (χ1v) is 7.79. The van der Waals surface area contributed by atoms with Crippen LogP contribution in [0.15, 0.2) is 4.99 Å². The fraction of sp³-hybridized carbons (Fsp3) is 0.933. The van der Waals surface area contributed by atoms with Crippen LogP contribution in [0.4, 0.5) is 0 Å². The number of nitrogens with zero attached hydrogens (tertiary/aromatic N) is 1. The van der Waals surface area contributed by atoms with Gasteiger partial charge in [-0.05, 0) is 33.6 Å². The molecule has 1 heterocycles. The van der Waals surface area contributed by atoms with Crippen LogP contribution in [0.2, 0.25) is 0 Å². The number of aliphatic imine (C=N–C) groups is 1. The lowest BCUT2D eigenvalue weighted by Gasteiger charge is -2.28. The van der Waals surface area contributed by atoms with E-state index in [4.69, 9.17) is 4.74 Å². The summed E-state index contributed by atoms with van der Waals surface area (Å²) in [5, 5.41) is 19.3. The van der Waals surface area contributed by atoms with Gasteiger partial charge in [-0.1, -0.05) is 0 Å². The van der Waals surface area contributed by atoms with Crippen LogP contribution in [-0.4, -0.2) is 63.1 Å². The fourth-order valence-electron chi connectivity index (χ4n) is 2.42. The average Bonchev–Trinajstić information content (AvgIpc) is 2.86. The molecule has 1 rings (SSSR count). The number of rotatable bonds is 7. The van der Waals surface area contributed by atoms with Gasteiger partial charge in [0, 0.05) is 50.8 Å². The highest BCUT2D eigenvalue weighted by molar-refractivity contribution is 5.79. The molecule has 0 saturated carbocycles. The lowest BCUT2D eigenvalue weighted by molar-refractivity contribution is 0.127. The molecule has 0 spiro atoms. The van der Waals surface area contributed by atoms with Crippen LogP contribution in [0.25, 0.3) is 0 Å². The number of hydrogen-bond acceptors (Lipinski definition) is 4. The molecule has 0 aromatic heterocycles. The van der Waals surface area contributed by atoms with Gasteiger partial charge < -0.3 is 25.8 Å². The van der Waals surface area contributed by atoms with Crippen molar-refractivity contribution in [3.8, 4) is 0 Å². The van der Waals surface area contributed by atoms with E-state index < -0.39 is 0 Å². The van der Waals surface area contributed by atoms with E-state index in [1.165, 1.54) is 0 Å². The molecule has 0 radical (unpaired) electrons. The Kier molecular flexibility index (Phi) is 7.42. The first kappa shape index (κ1) is 18.2. The second kappa shape index (κ2) is 8.56. The number of guanidine groups is 1. The second-order valence-corrected chi connectivity index (χ2v) is 6.81. The van der Waals surface area contributed by atoms with Crippen LogP contribution in [0.1, 0.15) is 33.6 Å². The number of ether oxygens (including phenoxy) is 1. The van der Waals surface area contributed by atoms with Crippen molar-refractivity contribution in [3.63, 3.8) is 0 Å². The van der Waals surface area contributed by atoms with Gasteiger partial charge >= 0.3 is 0 Å². The summed E-state index contributed by atoms with van der Waals surface area (Å²) in [6.45, 7) is 10.6. The molecule has 124 valence electrons. The lowest BCUT2D eigenvalue weighted by atomic mass is 9.84. The molecule has 0 aromatic carbocycles. The van der Waals surface area contributed by atoms with E-state index in [0.717, 1.165) is 45.0 Å². The Bertz CT molecular complexity index is 320. The summed E-state index contributed by atoms with van der Waals surface area (Å²) in [6, 6.07) is 0. The largest absolute Gasteiger partial charge is 0.396 e. The fourth-order valence-corrected chi connectivity index (χ4v) is 2.42. The molecular weight excluding hydrogens is 268 g/mol. The Morgan fingerprint density at radius 2 is 2.05 bits per heavy atom. The summed E-state index contributed by atoms with van der Waals surface area (Å²) in [5.41, 5.74) is 0.168. The van der Waals surface area contributed by atoms with E-state index in [1.807, 2.05) is 0 Å². The van der Waals surface area contributed by atoms with Gasteiger partial charge in [0.1, 0.15) is 0 Å². The predicted octanol–water partition coefficient (Wildman–Crippen LogP) is 0.329. The quantitative estimate of drug-likeness (QED) is 0.310. The Balaban J connectivity index is 2.30. The van der Waals surface area contributed by atoms with Crippen molar-refractivity contribution < 1.29 is 9.84 Å². The third kappa shape index (κ3) is 7.11. The zero-order valence-electron chi connectivity index (χ0n) is 14.0. The third-order valence-corrected chi connectivity index (χ3v) is 3.75. The first-order valence-electron chi connectivity index (χ1n) is 7.79. The smallest absolute Gasteiger partial charge is 0.191 e. The third-order valence-electron chi connectivity index (χ3n) is 3.75. The Morgan fingerprint density at radius 1 is 1.29 bits per heavy atom. The lowest BCUT2D eigenvalue weighted by Crippen LogP contribution is -2.47. The van der Waals surface area contributed by atoms with E-state index in [1.54, 1.807) is 7.05 Å². The molecule has 6 heteroatoms. The first-order chi connectivity index (χ1) is 9.91. The highest BCUT2D eigenvalue weighted by atomic mass is 16.5. The minimum Gasteiger partial charge on any atom is -0.396 e. The highest BCUT2D eigenvalue weighted by Crippen LogP contribution is 2.31. The van der Waals surface area contributed by atoms with Gasteiger partial charge in [-0.3, -0.25) is 4.99 Å². The van der Waals surface area contributed by atoms with Crippen LogP contribution >= 0.6 is 0 Å². The maximum atomic E-state index is 9.23. The van der Waals surface area contributed by atoms with Crippen LogP contribution < -0.4 is 16.0 Å². The molecule has 4 N–H and O–H groups in total. The summed E-state index contributed by atoms with van der Waals surface area (Å²) in [4.78, 5) is 4.24. The van der Waals surface area contributed by atoms with Gasteiger partial charge in [-0.15, -0.1) is 0 Å². The van der Waals surface area contributed by atoms with Gasteiger partial charge in [0.25, 0.3) is 0 Å². The second-order valence-electron chi connectivity index (χ2n) is 6.81. The van der Waals surface area contributed by atoms with Crippen molar-refractivity contribution in [2.24, 2.45) is 10.4 Å². The summed E-state index contributed by atoms with van der Waals surface area (Å²) in [6.07, 6.45) is 1.76. The Morgan fingerprint density at radius 3 is 2.57 bits per heavy atom. The Hall–Kier alpha value is -0.850. The van der Waals surface area contributed by atoms with Crippen LogP contribution in [0.5, 0.6) is 0 Å². The predicted molar refractivity (Wildman–Crippen MR) is 86.7 cm³/mol. The summed E-state index contributed by atoms with van der Waals surface area (Å²) >= 11 is 0. The normalized spacial score (nSPS) is 23.4. The number of hydrogen-bond donors (Lipinski definition) is 4. The minimum absolute atomic E-state index is 0.0377. The van der Waals surface area contributed by atoms with Crippen molar-refractivity contribution in [2.45, 2.75) is 39.2 Å². The molecule has 6 nitrogen and oxygen atoms in total. The summed E-state index contributed by atoms with van der Waals surface area (Å²) in [7, 11) is 1.77. The molecule has 1 saturated heterocycles. The van der Waals surface area contributed by atoms with Crippen molar-refractivity contribution in [1.29, 1.82) is 0 Å². The van der Waals surface area contributed by atoms with Crippen molar-refractivity contribution in [1.82, 2.24) is 16.0 Å². The topological polar surface area (TPSA) is 77.9 Å². The van der Waals surface area contributed by atoms with Crippen molar-refractivity contribution in [2.75, 3.05) is 46.5 Å². The van der Waals surface area contributed by atoms with Crippen LogP contribution in [0, 0.1) is 5.41 Å². The van der Waals surface area contributed by atoms with Crippen molar-refractivity contribution >= 4 is 5.96 Å². The highest BCUT2D eigenvalue weighted by Gasteiger charge is 2.34. The molecule has 0 amide bonds. The standard InChI is InChI=1S/C15H32N4O2/c1-14(2,3)19-8-7-17-13(16-4)18-11-15(5-9-20)6-10-21-12-15/h19-20H,5-12H2,1-4H3,(H2,16,17,18). The van der Waals surface area contributed by atoms with Gasteiger partial charge in [0.15, 0.2) is 5.96 Å².